The van der Waals surface area contributed by atoms with Crippen LogP contribution in [0.1, 0.15) is 30.6 Å². The first-order valence-electron chi connectivity index (χ1n) is 6.37. The molecule has 2 N–H and O–H groups in total. The second kappa shape index (κ2) is 7.37. The molecular weight excluding hydrogens is 262 g/mol. The van der Waals surface area contributed by atoms with Crippen molar-refractivity contribution in [3.63, 3.8) is 0 Å². The van der Waals surface area contributed by atoms with E-state index in [4.69, 9.17) is 14.6 Å². The molecule has 0 aromatic heterocycles. The molecular formula is C14H19NO5. The fourth-order valence-electron chi connectivity index (χ4n) is 1.67. The second-order valence-corrected chi connectivity index (χ2v) is 4.07. The molecule has 0 spiro atoms. The van der Waals surface area contributed by atoms with Crippen molar-refractivity contribution in [1.82, 2.24) is 5.32 Å². The minimum atomic E-state index is -1.06. The van der Waals surface area contributed by atoms with Crippen LogP contribution in [0.25, 0.3) is 0 Å². The van der Waals surface area contributed by atoms with Gasteiger partial charge in [0.15, 0.2) is 11.5 Å². The quantitative estimate of drug-likeness (QED) is 0.794. The first kappa shape index (κ1) is 15.8. The lowest BCUT2D eigenvalue weighted by atomic mass is 10.1. The number of methoxy groups -OCH3 is 1. The summed E-state index contributed by atoms with van der Waals surface area (Å²) >= 11 is 0. The monoisotopic (exact) mass is 281 g/mol. The molecule has 0 unspecified atom stereocenters. The van der Waals surface area contributed by atoms with Gasteiger partial charge in [0.2, 0.25) is 0 Å². The molecule has 20 heavy (non-hydrogen) atoms. The summed E-state index contributed by atoms with van der Waals surface area (Å²) in [6, 6.07) is 3.80. The highest BCUT2D eigenvalue weighted by atomic mass is 16.5. The Morgan fingerprint density at radius 2 is 2.00 bits per heavy atom. The van der Waals surface area contributed by atoms with E-state index in [9.17, 15) is 9.59 Å². The number of carbonyl (C=O) groups is 2. The first-order chi connectivity index (χ1) is 9.53. The summed E-state index contributed by atoms with van der Waals surface area (Å²) in [6.45, 7) is 3.95. The first-order valence-corrected chi connectivity index (χ1v) is 6.37. The van der Waals surface area contributed by atoms with E-state index >= 15 is 0 Å². The third-order valence-electron chi connectivity index (χ3n) is 2.74. The third kappa shape index (κ3) is 3.88. The summed E-state index contributed by atoms with van der Waals surface area (Å²) in [7, 11) is 1.51. The summed E-state index contributed by atoms with van der Waals surface area (Å²) < 4.78 is 10.5. The number of hydrogen-bond donors (Lipinski definition) is 2. The minimum Gasteiger partial charge on any atom is -0.493 e. The van der Waals surface area contributed by atoms with Crippen LogP contribution in [0.4, 0.5) is 0 Å². The van der Waals surface area contributed by atoms with E-state index in [1.807, 2.05) is 6.92 Å². The van der Waals surface area contributed by atoms with Crippen molar-refractivity contribution in [2.24, 2.45) is 0 Å². The number of aliphatic carboxylic acids is 1. The number of benzene rings is 1. The molecule has 0 aliphatic rings. The van der Waals surface area contributed by atoms with Crippen LogP contribution in [0, 0.1) is 0 Å². The van der Waals surface area contributed by atoms with Crippen LogP contribution in [0.5, 0.6) is 11.5 Å². The summed E-state index contributed by atoms with van der Waals surface area (Å²) in [5.41, 5.74) is 0.328. The molecule has 1 atom stereocenters. The van der Waals surface area contributed by atoms with Crippen molar-refractivity contribution in [3.05, 3.63) is 23.8 Å². The van der Waals surface area contributed by atoms with E-state index in [1.54, 1.807) is 19.1 Å². The third-order valence-corrected chi connectivity index (χ3v) is 2.74. The molecule has 0 heterocycles. The zero-order valence-corrected chi connectivity index (χ0v) is 11.8. The lowest BCUT2D eigenvalue weighted by molar-refractivity contribution is -0.139. The van der Waals surface area contributed by atoms with Crippen molar-refractivity contribution in [2.75, 3.05) is 13.7 Å². The van der Waals surface area contributed by atoms with Crippen LogP contribution >= 0.6 is 0 Å². The SMILES string of the molecule is CCOc1cc(C(=O)N[C@@H](CC)C(=O)O)ccc1OC. The molecule has 1 rings (SSSR count). The van der Waals surface area contributed by atoms with Gasteiger partial charge in [-0.15, -0.1) is 0 Å². The van der Waals surface area contributed by atoms with Crippen molar-refractivity contribution in [2.45, 2.75) is 26.3 Å². The standard InChI is InChI=1S/C14H19NO5/c1-4-10(14(17)18)15-13(16)9-6-7-11(19-3)12(8-9)20-5-2/h6-8,10H,4-5H2,1-3H3,(H,15,16)(H,17,18)/t10-/m0/s1. The predicted molar refractivity (Wildman–Crippen MR) is 73.3 cm³/mol. The maximum atomic E-state index is 12.0. The number of hydrogen-bond acceptors (Lipinski definition) is 4. The predicted octanol–water partition coefficient (Wildman–Crippen LogP) is 1.69. The fraction of sp³-hybridized carbons (Fsp3) is 0.429. The Hall–Kier alpha value is -2.24. The van der Waals surface area contributed by atoms with Gasteiger partial charge in [-0.25, -0.2) is 4.79 Å². The normalized spacial score (nSPS) is 11.6. The molecule has 1 aromatic carbocycles. The molecule has 0 saturated carbocycles. The van der Waals surface area contributed by atoms with E-state index in [1.165, 1.54) is 13.2 Å². The zero-order valence-electron chi connectivity index (χ0n) is 11.8. The van der Waals surface area contributed by atoms with Crippen molar-refractivity contribution >= 4 is 11.9 Å². The molecule has 1 amide bonds. The molecule has 0 radical (unpaired) electrons. The van der Waals surface area contributed by atoms with E-state index in [0.29, 0.717) is 30.1 Å². The largest absolute Gasteiger partial charge is 0.493 e. The van der Waals surface area contributed by atoms with Gasteiger partial charge < -0.3 is 19.9 Å². The average Bonchev–Trinajstić information content (AvgIpc) is 2.44. The highest BCUT2D eigenvalue weighted by molar-refractivity contribution is 5.97. The Labute approximate surface area is 117 Å². The van der Waals surface area contributed by atoms with Crippen molar-refractivity contribution < 1.29 is 24.2 Å². The fourth-order valence-corrected chi connectivity index (χ4v) is 1.67. The number of nitrogens with one attached hydrogen (secondary N) is 1. The summed E-state index contributed by atoms with van der Waals surface area (Å²) in [4.78, 5) is 22.9. The van der Waals surface area contributed by atoms with Crippen LogP contribution in [-0.2, 0) is 4.79 Å². The number of rotatable bonds is 7. The van der Waals surface area contributed by atoms with E-state index < -0.39 is 17.9 Å². The lowest BCUT2D eigenvalue weighted by Gasteiger charge is -2.14. The van der Waals surface area contributed by atoms with Gasteiger partial charge in [0, 0.05) is 5.56 Å². The van der Waals surface area contributed by atoms with Crippen LogP contribution in [0.15, 0.2) is 18.2 Å². The van der Waals surface area contributed by atoms with Gasteiger partial charge in [0.1, 0.15) is 6.04 Å². The van der Waals surface area contributed by atoms with Gasteiger partial charge in [0.05, 0.1) is 13.7 Å². The maximum absolute atomic E-state index is 12.0. The van der Waals surface area contributed by atoms with Crippen LogP contribution in [0.2, 0.25) is 0 Å². The smallest absolute Gasteiger partial charge is 0.326 e. The van der Waals surface area contributed by atoms with Crippen molar-refractivity contribution in [3.8, 4) is 11.5 Å². The molecule has 1 aromatic rings. The van der Waals surface area contributed by atoms with Crippen LogP contribution in [0.3, 0.4) is 0 Å². The summed E-state index contributed by atoms with van der Waals surface area (Å²) in [6.07, 6.45) is 0.315. The number of carboxylic acids is 1. The Bertz CT molecular complexity index is 486. The number of carbonyl (C=O) groups excluding carboxylic acids is 1. The van der Waals surface area contributed by atoms with Gasteiger partial charge in [-0.1, -0.05) is 6.92 Å². The summed E-state index contributed by atoms with van der Waals surface area (Å²) in [5, 5.41) is 11.4. The molecule has 0 aliphatic carbocycles. The van der Waals surface area contributed by atoms with Gasteiger partial charge in [-0.3, -0.25) is 4.79 Å². The highest BCUT2D eigenvalue weighted by Crippen LogP contribution is 2.28. The van der Waals surface area contributed by atoms with E-state index in [-0.39, 0.29) is 0 Å². The number of carboxylic acid groups (broad SMARTS) is 1. The van der Waals surface area contributed by atoms with E-state index in [2.05, 4.69) is 5.32 Å². The molecule has 0 fully saturated rings. The van der Waals surface area contributed by atoms with Crippen LogP contribution < -0.4 is 14.8 Å². The van der Waals surface area contributed by atoms with E-state index in [0.717, 1.165) is 0 Å². The number of amides is 1. The minimum absolute atomic E-state index is 0.315. The molecule has 110 valence electrons. The molecule has 0 aliphatic heterocycles. The molecule has 0 saturated heterocycles. The maximum Gasteiger partial charge on any atom is 0.326 e. The van der Waals surface area contributed by atoms with Crippen molar-refractivity contribution in [1.29, 1.82) is 0 Å². The Morgan fingerprint density at radius 3 is 2.50 bits per heavy atom. The Balaban J connectivity index is 2.93. The van der Waals surface area contributed by atoms with Gasteiger partial charge in [0.25, 0.3) is 5.91 Å². The summed E-state index contributed by atoms with van der Waals surface area (Å²) in [5.74, 6) is -0.540. The lowest BCUT2D eigenvalue weighted by Crippen LogP contribution is -2.40. The Kier molecular flexibility index (Phi) is 5.83. The van der Waals surface area contributed by atoms with Gasteiger partial charge in [-0.2, -0.15) is 0 Å². The molecule has 6 nitrogen and oxygen atoms in total. The van der Waals surface area contributed by atoms with Gasteiger partial charge in [-0.05, 0) is 31.5 Å². The van der Waals surface area contributed by atoms with Gasteiger partial charge >= 0.3 is 5.97 Å². The second-order valence-electron chi connectivity index (χ2n) is 4.07. The van der Waals surface area contributed by atoms with Crippen LogP contribution in [-0.4, -0.2) is 36.7 Å². The highest BCUT2D eigenvalue weighted by Gasteiger charge is 2.19. The molecule has 0 bridgehead atoms. The topological polar surface area (TPSA) is 84.9 Å². The average molecular weight is 281 g/mol. The number of ether oxygens (including phenoxy) is 2. The zero-order chi connectivity index (χ0) is 15.1. The Morgan fingerprint density at radius 1 is 1.30 bits per heavy atom. The molecule has 6 heteroatoms.